The fourth-order valence-electron chi connectivity index (χ4n) is 2.18. The van der Waals surface area contributed by atoms with Crippen molar-refractivity contribution in [1.29, 1.82) is 0 Å². The lowest BCUT2D eigenvalue weighted by molar-refractivity contribution is 0.114. The summed E-state index contributed by atoms with van der Waals surface area (Å²) in [5.41, 5.74) is 0. The largest absolute Gasteiger partial charge is 0.505 e. The number of methoxy groups -OCH3 is 1. The molecule has 5 nitrogen and oxygen atoms in total. The summed E-state index contributed by atoms with van der Waals surface area (Å²) in [6, 6.07) is 0. The van der Waals surface area contributed by atoms with Gasteiger partial charge in [-0.3, -0.25) is 0 Å². The Morgan fingerprint density at radius 1 is 1.10 bits per heavy atom. The second-order valence-electron chi connectivity index (χ2n) is 5.45. The van der Waals surface area contributed by atoms with Crippen LogP contribution in [0.4, 0.5) is 4.79 Å². The topological polar surface area (TPSA) is 53.0 Å². The van der Waals surface area contributed by atoms with E-state index in [1.54, 1.807) is 0 Å². The molecule has 0 spiro atoms. The minimum Gasteiger partial charge on any atom is -0.450 e. The SMILES string of the molecule is CCCCCCCCCCN1C=CN(C)C1.COC(=O)O. The first-order valence-corrected chi connectivity index (χ1v) is 7.99. The summed E-state index contributed by atoms with van der Waals surface area (Å²) in [6.07, 6.45) is 14.4. The predicted molar refractivity (Wildman–Crippen MR) is 86.1 cm³/mol. The summed E-state index contributed by atoms with van der Waals surface area (Å²) in [5, 5.41) is 7.50. The van der Waals surface area contributed by atoms with Gasteiger partial charge in [-0.15, -0.1) is 0 Å². The fourth-order valence-corrected chi connectivity index (χ4v) is 2.18. The summed E-state index contributed by atoms with van der Waals surface area (Å²) in [5.74, 6) is 0. The molecule has 1 heterocycles. The number of carbonyl (C=O) groups is 1. The molecule has 1 aliphatic rings. The van der Waals surface area contributed by atoms with Gasteiger partial charge >= 0.3 is 6.16 Å². The van der Waals surface area contributed by atoms with Crippen LogP contribution in [-0.4, -0.2) is 48.4 Å². The number of hydrogen-bond acceptors (Lipinski definition) is 4. The molecule has 1 aliphatic heterocycles. The van der Waals surface area contributed by atoms with Crippen LogP contribution in [0, 0.1) is 0 Å². The van der Waals surface area contributed by atoms with Crippen molar-refractivity contribution >= 4 is 6.16 Å². The van der Waals surface area contributed by atoms with E-state index >= 15 is 0 Å². The first kappa shape index (κ1) is 19.6. The molecule has 0 amide bonds. The zero-order valence-corrected chi connectivity index (χ0v) is 13.9. The van der Waals surface area contributed by atoms with Crippen molar-refractivity contribution < 1.29 is 14.6 Å². The average Bonchev–Trinajstić information content (AvgIpc) is 2.88. The highest BCUT2D eigenvalue weighted by atomic mass is 16.6. The molecular weight excluding hydrogens is 268 g/mol. The van der Waals surface area contributed by atoms with Gasteiger partial charge in [0, 0.05) is 26.0 Å². The van der Waals surface area contributed by atoms with E-state index in [2.05, 4.69) is 40.9 Å². The lowest BCUT2D eigenvalue weighted by Gasteiger charge is -2.17. The van der Waals surface area contributed by atoms with Gasteiger partial charge < -0.3 is 19.6 Å². The van der Waals surface area contributed by atoms with Crippen LogP contribution in [0.25, 0.3) is 0 Å². The van der Waals surface area contributed by atoms with Crippen molar-refractivity contribution in [2.24, 2.45) is 0 Å². The lowest BCUT2D eigenvalue weighted by atomic mass is 10.1. The quantitative estimate of drug-likeness (QED) is 0.513. The summed E-state index contributed by atoms with van der Waals surface area (Å²) in [7, 11) is 3.23. The summed E-state index contributed by atoms with van der Waals surface area (Å²) < 4.78 is 3.67. The van der Waals surface area contributed by atoms with E-state index in [-0.39, 0.29) is 0 Å². The Morgan fingerprint density at radius 3 is 2.05 bits per heavy atom. The molecule has 0 aromatic heterocycles. The van der Waals surface area contributed by atoms with Crippen molar-refractivity contribution in [3.8, 4) is 0 Å². The highest BCUT2D eigenvalue weighted by Crippen LogP contribution is 2.10. The van der Waals surface area contributed by atoms with Crippen LogP contribution >= 0.6 is 0 Å². The van der Waals surface area contributed by atoms with E-state index in [9.17, 15) is 0 Å². The summed E-state index contributed by atoms with van der Waals surface area (Å²) in [6.45, 7) is 4.59. The molecule has 0 radical (unpaired) electrons. The maximum atomic E-state index is 9.15. The molecule has 0 unspecified atom stereocenters. The third-order valence-corrected chi connectivity index (χ3v) is 3.41. The smallest absolute Gasteiger partial charge is 0.450 e. The van der Waals surface area contributed by atoms with Crippen LogP contribution in [-0.2, 0) is 4.74 Å². The fraction of sp³-hybridized carbons (Fsp3) is 0.812. The van der Waals surface area contributed by atoms with Crippen LogP contribution in [0.15, 0.2) is 12.4 Å². The molecule has 0 saturated heterocycles. The van der Waals surface area contributed by atoms with Gasteiger partial charge in [-0.2, -0.15) is 0 Å². The normalized spacial score (nSPS) is 13.1. The van der Waals surface area contributed by atoms with Gasteiger partial charge in [0.25, 0.3) is 0 Å². The van der Waals surface area contributed by atoms with Crippen molar-refractivity contribution in [2.45, 2.75) is 58.3 Å². The molecule has 0 saturated carbocycles. The number of ether oxygens (including phenoxy) is 1. The van der Waals surface area contributed by atoms with Crippen molar-refractivity contribution in [3.05, 3.63) is 12.4 Å². The Morgan fingerprint density at radius 2 is 1.62 bits per heavy atom. The number of nitrogens with zero attached hydrogens (tertiary/aromatic N) is 2. The van der Waals surface area contributed by atoms with E-state index in [1.165, 1.54) is 57.9 Å². The zero-order valence-electron chi connectivity index (χ0n) is 13.9. The number of unbranched alkanes of at least 4 members (excludes halogenated alkanes) is 7. The third-order valence-electron chi connectivity index (χ3n) is 3.41. The van der Waals surface area contributed by atoms with E-state index in [4.69, 9.17) is 9.90 Å². The number of rotatable bonds is 9. The van der Waals surface area contributed by atoms with E-state index in [0.29, 0.717) is 0 Å². The molecule has 0 aliphatic carbocycles. The van der Waals surface area contributed by atoms with Gasteiger partial charge in [-0.05, 0) is 6.42 Å². The molecule has 124 valence electrons. The minimum absolute atomic E-state index is 1.08. The summed E-state index contributed by atoms with van der Waals surface area (Å²) >= 11 is 0. The monoisotopic (exact) mass is 300 g/mol. The Bertz CT molecular complexity index is 283. The Balaban J connectivity index is 0.000000690. The van der Waals surface area contributed by atoms with Gasteiger partial charge in [0.1, 0.15) is 0 Å². The van der Waals surface area contributed by atoms with Gasteiger partial charge in [-0.1, -0.05) is 51.9 Å². The van der Waals surface area contributed by atoms with Crippen molar-refractivity contribution in [1.82, 2.24) is 9.80 Å². The predicted octanol–water partition coefficient (Wildman–Crippen LogP) is 4.11. The van der Waals surface area contributed by atoms with Gasteiger partial charge in [0.05, 0.1) is 13.8 Å². The first-order chi connectivity index (χ1) is 10.1. The molecule has 1 rings (SSSR count). The Hall–Kier alpha value is -1.39. The zero-order chi connectivity index (χ0) is 15.9. The lowest BCUT2D eigenvalue weighted by Crippen LogP contribution is -2.23. The maximum Gasteiger partial charge on any atom is 0.505 e. The maximum absolute atomic E-state index is 9.15. The molecule has 0 atom stereocenters. The second kappa shape index (κ2) is 13.6. The van der Waals surface area contributed by atoms with Crippen LogP contribution in [0.5, 0.6) is 0 Å². The molecule has 1 N–H and O–H groups in total. The third kappa shape index (κ3) is 13.4. The Kier molecular flexibility index (Phi) is 12.7. The van der Waals surface area contributed by atoms with E-state index < -0.39 is 6.16 Å². The first-order valence-electron chi connectivity index (χ1n) is 7.99. The number of hydrogen-bond donors (Lipinski definition) is 1. The highest BCUT2D eigenvalue weighted by molar-refractivity contribution is 5.56. The van der Waals surface area contributed by atoms with Crippen LogP contribution < -0.4 is 0 Å². The molecule has 0 aromatic rings. The molecule has 0 bridgehead atoms. The van der Waals surface area contributed by atoms with Crippen molar-refractivity contribution in [2.75, 3.05) is 27.4 Å². The second-order valence-corrected chi connectivity index (χ2v) is 5.45. The minimum atomic E-state index is -1.25. The standard InChI is InChI=1S/C14H28N2.C2H4O3/c1-3-4-5-6-7-8-9-10-11-16-13-12-15(2)14-16;1-5-2(3)4/h12-13H,3-11,14H2,1-2H3;1H3,(H,3,4). The van der Waals surface area contributed by atoms with Gasteiger partial charge in [0.2, 0.25) is 0 Å². The van der Waals surface area contributed by atoms with Gasteiger partial charge in [0.15, 0.2) is 0 Å². The van der Waals surface area contributed by atoms with Crippen LogP contribution in [0.3, 0.4) is 0 Å². The summed E-state index contributed by atoms with van der Waals surface area (Å²) in [4.78, 5) is 13.8. The van der Waals surface area contributed by atoms with Crippen molar-refractivity contribution in [3.63, 3.8) is 0 Å². The average molecular weight is 300 g/mol. The number of carboxylic acid groups (broad SMARTS) is 1. The molecule has 5 heteroatoms. The molecule has 0 fully saturated rings. The highest BCUT2D eigenvalue weighted by Gasteiger charge is 2.06. The van der Waals surface area contributed by atoms with Gasteiger partial charge in [-0.25, -0.2) is 4.79 Å². The van der Waals surface area contributed by atoms with E-state index in [0.717, 1.165) is 13.8 Å². The van der Waals surface area contributed by atoms with Crippen LogP contribution in [0.2, 0.25) is 0 Å². The Labute approximate surface area is 129 Å². The molecular formula is C16H32N2O3. The van der Waals surface area contributed by atoms with Crippen LogP contribution in [0.1, 0.15) is 58.3 Å². The van der Waals surface area contributed by atoms with E-state index in [1.807, 2.05) is 0 Å². The molecule has 21 heavy (non-hydrogen) atoms. The molecule has 0 aromatic carbocycles.